The van der Waals surface area contributed by atoms with E-state index >= 15 is 0 Å². The molecule has 0 radical (unpaired) electrons. The highest BCUT2D eigenvalue weighted by atomic mass is 32.2. The summed E-state index contributed by atoms with van der Waals surface area (Å²) in [6, 6.07) is 9.41. The summed E-state index contributed by atoms with van der Waals surface area (Å²) in [7, 11) is 0. The molecule has 0 bridgehead atoms. The van der Waals surface area contributed by atoms with Crippen LogP contribution in [-0.4, -0.2) is 34.8 Å². The van der Waals surface area contributed by atoms with Crippen LogP contribution in [0.5, 0.6) is 0 Å². The van der Waals surface area contributed by atoms with Crippen molar-refractivity contribution < 1.29 is 5.11 Å². The molecule has 0 saturated heterocycles. The predicted octanol–water partition coefficient (Wildman–Crippen LogP) is 2.64. The highest BCUT2D eigenvalue weighted by Gasteiger charge is 2.17. The van der Waals surface area contributed by atoms with Gasteiger partial charge in [0, 0.05) is 24.1 Å². The van der Waals surface area contributed by atoms with Crippen molar-refractivity contribution in [1.29, 1.82) is 0 Å². The zero-order chi connectivity index (χ0) is 13.7. The standard InChI is InChI=1S/C16H25NOS/c1-16(2,18)12-19-10-9-17-15-8-7-13-5-3-4-6-14(13)11-15/h3-6,15,17-18H,7-12H2,1-2H3/t15-/m0/s1. The molecule has 0 heterocycles. The molecular formula is C16H25NOS. The first-order chi connectivity index (χ1) is 9.04. The molecule has 1 aliphatic rings. The summed E-state index contributed by atoms with van der Waals surface area (Å²) in [4.78, 5) is 0. The number of nitrogens with one attached hydrogen (secondary N) is 1. The summed E-state index contributed by atoms with van der Waals surface area (Å²) in [6.07, 6.45) is 3.60. The van der Waals surface area contributed by atoms with Crippen molar-refractivity contribution in [3.05, 3.63) is 35.4 Å². The first-order valence-corrected chi connectivity index (χ1v) is 8.30. The average molecular weight is 279 g/mol. The van der Waals surface area contributed by atoms with Crippen LogP contribution in [0.1, 0.15) is 31.4 Å². The Morgan fingerprint density at radius 3 is 2.79 bits per heavy atom. The van der Waals surface area contributed by atoms with Crippen molar-refractivity contribution in [1.82, 2.24) is 5.32 Å². The molecule has 2 N–H and O–H groups in total. The molecule has 0 unspecified atom stereocenters. The second-order valence-electron chi connectivity index (χ2n) is 6.03. The lowest BCUT2D eigenvalue weighted by molar-refractivity contribution is 0.107. The van der Waals surface area contributed by atoms with Gasteiger partial charge in [0.25, 0.3) is 0 Å². The highest BCUT2D eigenvalue weighted by Crippen LogP contribution is 2.21. The van der Waals surface area contributed by atoms with Gasteiger partial charge >= 0.3 is 0 Å². The lowest BCUT2D eigenvalue weighted by Gasteiger charge is -2.25. The fourth-order valence-corrected chi connectivity index (χ4v) is 3.44. The van der Waals surface area contributed by atoms with Crippen LogP contribution in [0.4, 0.5) is 0 Å². The van der Waals surface area contributed by atoms with Crippen molar-refractivity contribution in [2.45, 2.75) is 44.8 Å². The van der Waals surface area contributed by atoms with Crippen molar-refractivity contribution in [2.75, 3.05) is 18.1 Å². The van der Waals surface area contributed by atoms with E-state index in [4.69, 9.17) is 0 Å². The summed E-state index contributed by atoms with van der Waals surface area (Å²) in [6.45, 7) is 4.77. The van der Waals surface area contributed by atoms with Crippen molar-refractivity contribution in [2.24, 2.45) is 0 Å². The normalized spacial score (nSPS) is 19.2. The molecule has 0 fully saturated rings. The van der Waals surface area contributed by atoms with Crippen LogP contribution in [0.25, 0.3) is 0 Å². The summed E-state index contributed by atoms with van der Waals surface area (Å²) < 4.78 is 0. The summed E-state index contributed by atoms with van der Waals surface area (Å²) >= 11 is 1.82. The van der Waals surface area contributed by atoms with Crippen LogP contribution in [0.2, 0.25) is 0 Å². The molecule has 19 heavy (non-hydrogen) atoms. The van der Waals surface area contributed by atoms with Gasteiger partial charge in [-0.05, 0) is 44.2 Å². The number of rotatable bonds is 6. The molecule has 1 aliphatic carbocycles. The lowest BCUT2D eigenvalue weighted by Crippen LogP contribution is -2.36. The van der Waals surface area contributed by atoms with Gasteiger partial charge in [0.05, 0.1) is 5.60 Å². The molecule has 1 atom stereocenters. The van der Waals surface area contributed by atoms with E-state index in [0.29, 0.717) is 6.04 Å². The molecule has 0 aliphatic heterocycles. The third-order valence-corrected chi connectivity index (χ3v) is 4.88. The molecule has 3 heteroatoms. The van der Waals surface area contributed by atoms with E-state index in [1.54, 1.807) is 0 Å². The minimum absolute atomic E-state index is 0.547. The average Bonchev–Trinajstić information content (AvgIpc) is 2.37. The van der Waals surface area contributed by atoms with Gasteiger partial charge in [-0.1, -0.05) is 24.3 Å². The maximum atomic E-state index is 9.63. The zero-order valence-electron chi connectivity index (χ0n) is 12.0. The van der Waals surface area contributed by atoms with E-state index in [2.05, 4.69) is 29.6 Å². The van der Waals surface area contributed by atoms with E-state index in [1.165, 1.54) is 24.0 Å². The summed E-state index contributed by atoms with van der Waals surface area (Å²) in [5.41, 5.74) is 2.49. The monoisotopic (exact) mass is 279 g/mol. The van der Waals surface area contributed by atoms with Gasteiger partial charge in [-0.2, -0.15) is 11.8 Å². The Morgan fingerprint density at radius 1 is 1.32 bits per heavy atom. The van der Waals surface area contributed by atoms with Gasteiger partial charge in [0.1, 0.15) is 0 Å². The minimum Gasteiger partial charge on any atom is -0.390 e. The fourth-order valence-electron chi connectivity index (χ4n) is 2.53. The third kappa shape index (κ3) is 5.17. The van der Waals surface area contributed by atoms with E-state index in [0.717, 1.165) is 24.5 Å². The van der Waals surface area contributed by atoms with Crippen LogP contribution in [0.3, 0.4) is 0 Å². The summed E-state index contributed by atoms with van der Waals surface area (Å²) in [5, 5.41) is 13.3. The number of fused-ring (bicyclic) bond motifs is 1. The number of hydrogen-bond donors (Lipinski definition) is 2. The van der Waals surface area contributed by atoms with Gasteiger partial charge in [0.15, 0.2) is 0 Å². The molecular weight excluding hydrogens is 254 g/mol. The Morgan fingerprint density at radius 2 is 2.05 bits per heavy atom. The maximum Gasteiger partial charge on any atom is 0.0681 e. The van der Waals surface area contributed by atoms with Crippen LogP contribution >= 0.6 is 11.8 Å². The molecule has 1 aromatic rings. The molecule has 0 spiro atoms. The second-order valence-corrected chi connectivity index (χ2v) is 7.13. The molecule has 1 aromatic carbocycles. The lowest BCUT2D eigenvalue weighted by atomic mass is 9.88. The van der Waals surface area contributed by atoms with E-state index < -0.39 is 5.60 Å². The van der Waals surface area contributed by atoms with E-state index in [9.17, 15) is 5.11 Å². The minimum atomic E-state index is -0.547. The summed E-state index contributed by atoms with van der Waals surface area (Å²) in [5.74, 6) is 1.88. The van der Waals surface area contributed by atoms with Crippen molar-refractivity contribution in [3.8, 4) is 0 Å². The highest BCUT2D eigenvalue weighted by molar-refractivity contribution is 7.99. The first-order valence-electron chi connectivity index (χ1n) is 7.15. The molecule has 106 valence electrons. The number of benzene rings is 1. The Bertz CT molecular complexity index is 400. The molecule has 2 nitrogen and oxygen atoms in total. The smallest absolute Gasteiger partial charge is 0.0681 e. The molecule has 2 rings (SSSR count). The number of aryl methyl sites for hydroxylation is 1. The van der Waals surface area contributed by atoms with Crippen LogP contribution < -0.4 is 5.32 Å². The molecule has 0 aromatic heterocycles. The van der Waals surface area contributed by atoms with Gasteiger partial charge < -0.3 is 10.4 Å². The van der Waals surface area contributed by atoms with Crippen LogP contribution in [-0.2, 0) is 12.8 Å². The second kappa shape index (κ2) is 6.78. The first kappa shape index (κ1) is 14.9. The van der Waals surface area contributed by atoms with Crippen LogP contribution in [0.15, 0.2) is 24.3 Å². The number of aliphatic hydroxyl groups is 1. The fraction of sp³-hybridized carbons (Fsp3) is 0.625. The molecule has 0 saturated carbocycles. The largest absolute Gasteiger partial charge is 0.390 e. The maximum absolute atomic E-state index is 9.63. The third-order valence-electron chi connectivity index (χ3n) is 3.48. The Hall–Kier alpha value is -0.510. The molecule has 0 amide bonds. The SMILES string of the molecule is CC(C)(O)CSCCN[C@H]1CCc2ccccc2C1. The van der Waals surface area contributed by atoms with Crippen molar-refractivity contribution >= 4 is 11.8 Å². The van der Waals surface area contributed by atoms with Gasteiger partial charge in [-0.3, -0.25) is 0 Å². The predicted molar refractivity (Wildman–Crippen MR) is 83.9 cm³/mol. The van der Waals surface area contributed by atoms with Gasteiger partial charge in [-0.15, -0.1) is 0 Å². The van der Waals surface area contributed by atoms with Gasteiger partial charge in [0.2, 0.25) is 0 Å². The van der Waals surface area contributed by atoms with Gasteiger partial charge in [-0.25, -0.2) is 0 Å². The van der Waals surface area contributed by atoms with Crippen molar-refractivity contribution in [3.63, 3.8) is 0 Å². The Labute approximate surface area is 121 Å². The Balaban J connectivity index is 1.66. The van der Waals surface area contributed by atoms with Crippen LogP contribution in [0, 0.1) is 0 Å². The van der Waals surface area contributed by atoms with E-state index in [1.807, 2.05) is 25.6 Å². The topological polar surface area (TPSA) is 32.3 Å². The quantitative estimate of drug-likeness (QED) is 0.785. The zero-order valence-corrected chi connectivity index (χ0v) is 12.8. The number of hydrogen-bond acceptors (Lipinski definition) is 3. The van der Waals surface area contributed by atoms with E-state index in [-0.39, 0.29) is 0 Å². The number of thioether (sulfide) groups is 1. The Kier molecular flexibility index (Phi) is 5.31.